The number of anilines is 4. The molecule has 1 amide bonds. The largest absolute Gasteiger partial charge is 0.399 e. The van der Waals surface area contributed by atoms with Gasteiger partial charge in [-0.2, -0.15) is 0 Å². The lowest BCUT2D eigenvalue weighted by atomic mass is 9.92. The SMILES string of the molecule is Nc1ccc(C2=C3C=CC(=N3)C(c3ccc(N)cc3)=c3ccc([nH]3)=C(c3ccc(N)cc3)c3ccc([nH]3)C(c3ccc(NC(=O)[C@@H](N)Cc4c[nH]cn4)cc3)c3ccc2[nH]3)cc1. The Morgan fingerprint density at radius 3 is 1.74 bits per heavy atom. The van der Waals surface area contributed by atoms with Crippen molar-refractivity contribution in [3.8, 4) is 0 Å². The molecule has 0 saturated carbocycles. The number of rotatable bonds is 8. The van der Waals surface area contributed by atoms with Crippen molar-refractivity contribution in [1.29, 1.82) is 0 Å². The third-order valence-electron chi connectivity index (χ3n) is 11.4. The minimum absolute atomic E-state index is 0.273. The number of hydrogen-bond donors (Lipinski definition) is 9. The summed E-state index contributed by atoms with van der Waals surface area (Å²) in [5.74, 6) is -0.565. The van der Waals surface area contributed by atoms with Crippen LogP contribution in [-0.2, 0) is 11.2 Å². The number of H-pyrrole nitrogens is 4. The van der Waals surface area contributed by atoms with Gasteiger partial charge in [-0.05, 0) is 119 Å². The second kappa shape index (κ2) is 15.7. The number of aliphatic imine (C=N–C) groups is 1. The minimum Gasteiger partial charge on any atom is -0.399 e. The molecule has 4 aromatic heterocycles. The summed E-state index contributed by atoms with van der Waals surface area (Å²) in [4.78, 5) is 37.0. The molecule has 2 atom stereocenters. The van der Waals surface area contributed by atoms with E-state index in [1.54, 1.807) is 12.5 Å². The van der Waals surface area contributed by atoms with Gasteiger partial charge in [-0.3, -0.25) is 4.79 Å². The number of nitrogens with one attached hydrogen (secondary N) is 5. The second-order valence-corrected chi connectivity index (χ2v) is 15.6. The van der Waals surface area contributed by atoms with E-state index in [1.807, 2.05) is 97.1 Å². The standard InChI is InChI=1S/C50H43N11O/c51-32-9-1-28(2-10-32)46-38-17-19-40(58-38)47(29-3-11-33(52)12-4-29)42-21-23-44(60-42)49(31-7-15-35(16-8-31)57-50(62)37(54)25-36-26-55-27-56-36)45-24-22-43(61-45)48(41-20-18-39(46)59-41)30-5-13-34(53)14-6-30/h1-24,26-27,37,49,58,60-61H,25,51-54H2,(H,55,56)(H,57,62)/t37-,49?/m0/s1. The van der Waals surface area contributed by atoms with Gasteiger partial charge in [0.1, 0.15) is 0 Å². The molecule has 2 aliphatic rings. The van der Waals surface area contributed by atoms with Crippen molar-refractivity contribution >= 4 is 51.1 Å². The van der Waals surface area contributed by atoms with Crippen molar-refractivity contribution < 1.29 is 4.79 Å². The van der Waals surface area contributed by atoms with Gasteiger partial charge in [-0.25, -0.2) is 9.98 Å². The number of carbonyl (C=O) groups excluding carboxylic acids is 1. The highest BCUT2D eigenvalue weighted by Crippen LogP contribution is 2.37. The fourth-order valence-electron chi connectivity index (χ4n) is 8.31. The lowest BCUT2D eigenvalue weighted by molar-refractivity contribution is -0.117. The first-order valence-corrected chi connectivity index (χ1v) is 20.3. The van der Waals surface area contributed by atoms with Crippen LogP contribution in [0.1, 0.15) is 56.6 Å². The van der Waals surface area contributed by atoms with E-state index in [0.29, 0.717) is 29.2 Å². The Kier molecular flexibility index (Phi) is 9.58. The second-order valence-electron chi connectivity index (χ2n) is 15.6. The summed E-state index contributed by atoms with van der Waals surface area (Å²) < 4.78 is 0. The van der Waals surface area contributed by atoms with E-state index in [9.17, 15) is 4.79 Å². The van der Waals surface area contributed by atoms with Crippen LogP contribution in [0, 0.1) is 0 Å². The zero-order chi connectivity index (χ0) is 42.3. The lowest BCUT2D eigenvalue weighted by Crippen LogP contribution is -2.37. The van der Waals surface area contributed by atoms with Gasteiger partial charge in [-0.15, -0.1) is 0 Å². The smallest absolute Gasteiger partial charge is 0.241 e. The summed E-state index contributed by atoms with van der Waals surface area (Å²) >= 11 is 0. The van der Waals surface area contributed by atoms with E-state index >= 15 is 0 Å². The van der Waals surface area contributed by atoms with Gasteiger partial charge in [0.25, 0.3) is 0 Å². The van der Waals surface area contributed by atoms with E-state index in [-0.39, 0.29) is 11.8 Å². The Bertz CT molecular complexity index is 3160. The van der Waals surface area contributed by atoms with E-state index in [0.717, 1.165) is 89.5 Å². The molecule has 1 unspecified atom stereocenters. The zero-order valence-corrected chi connectivity index (χ0v) is 33.5. The molecule has 8 bridgehead atoms. The van der Waals surface area contributed by atoms with Gasteiger partial charge in [-0.1, -0.05) is 48.5 Å². The van der Waals surface area contributed by atoms with E-state index in [1.165, 1.54) is 0 Å². The molecule has 6 heterocycles. The van der Waals surface area contributed by atoms with Crippen LogP contribution in [-0.4, -0.2) is 42.6 Å². The topological polar surface area (TPSA) is 222 Å². The number of nitrogen functional groups attached to an aromatic ring is 3. The van der Waals surface area contributed by atoms with Crippen LogP contribution in [0.5, 0.6) is 0 Å². The molecule has 0 spiro atoms. The first kappa shape index (κ1) is 37.9. The monoisotopic (exact) mass is 813 g/mol. The summed E-state index contributed by atoms with van der Waals surface area (Å²) in [6.45, 7) is 0. The van der Waals surface area contributed by atoms with Crippen molar-refractivity contribution in [3.63, 3.8) is 0 Å². The molecule has 4 aromatic carbocycles. The number of fused-ring (bicyclic) bond motifs is 7. The Balaban J connectivity index is 1.17. The van der Waals surface area contributed by atoms with Crippen LogP contribution in [0.15, 0.2) is 169 Å². The van der Waals surface area contributed by atoms with Crippen molar-refractivity contribution in [1.82, 2.24) is 24.9 Å². The van der Waals surface area contributed by atoms with Crippen LogP contribution in [0.4, 0.5) is 22.7 Å². The molecule has 12 heteroatoms. The highest BCUT2D eigenvalue weighted by Gasteiger charge is 2.25. The third kappa shape index (κ3) is 7.31. The molecular formula is C50H43N11O. The number of allylic oxidation sites excluding steroid dienone is 2. The molecule has 0 radical (unpaired) electrons. The fourth-order valence-corrected chi connectivity index (χ4v) is 8.31. The molecule has 13 N–H and O–H groups in total. The predicted octanol–water partition coefficient (Wildman–Crippen LogP) is 6.06. The maximum Gasteiger partial charge on any atom is 0.241 e. The molecule has 304 valence electrons. The third-order valence-corrected chi connectivity index (χ3v) is 11.4. The van der Waals surface area contributed by atoms with E-state index < -0.39 is 6.04 Å². The number of carbonyl (C=O) groups is 1. The zero-order valence-electron chi connectivity index (χ0n) is 33.5. The van der Waals surface area contributed by atoms with Crippen molar-refractivity contribution in [2.24, 2.45) is 10.7 Å². The number of nitrogens with two attached hydrogens (primary N) is 4. The van der Waals surface area contributed by atoms with Gasteiger partial charge in [0.15, 0.2) is 0 Å². The Morgan fingerprint density at radius 1 is 0.613 bits per heavy atom. The molecule has 2 aliphatic heterocycles. The maximum absolute atomic E-state index is 13.1. The molecule has 10 rings (SSSR count). The highest BCUT2D eigenvalue weighted by molar-refractivity contribution is 6.30. The van der Waals surface area contributed by atoms with Crippen LogP contribution >= 0.6 is 0 Å². The summed E-state index contributed by atoms with van der Waals surface area (Å²) in [7, 11) is 0. The van der Waals surface area contributed by atoms with E-state index in [4.69, 9.17) is 27.9 Å². The molecule has 62 heavy (non-hydrogen) atoms. The average Bonchev–Trinajstić information content (AvgIpc) is 4.15. The highest BCUT2D eigenvalue weighted by atomic mass is 16.2. The van der Waals surface area contributed by atoms with Crippen molar-refractivity contribution in [2.75, 3.05) is 22.5 Å². The lowest BCUT2D eigenvalue weighted by Gasteiger charge is -2.18. The quantitative estimate of drug-likeness (QED) is 0.0830. The summed E-state index contributed by atoms with van der Waals surface area (Å²) in [6.07, 6.45) is 7.76. The molecule has 0 aliphatic carbocycles. The molecular weight excluding hydrogens is 771 g/mol. The van der Waals surface area contributed by atoms with Crippen molar-refractivity contribution in [3.05, 3.63) is 225 Å². The van der Waals surface area contributed by atoms with Crippen LogP contribution in [0.3, 0.4) is 0 Å². The van der Waals surface area contributed by atoms with Gasteiger partial charge in [0.05, 0.1) is 35.4 Å². The minimum atomic E-state index is -0.760. The molecule has 0 fully saturated rings. The van der Waals surface area contributed by atoms with E-state index in [2.05, 4.69) is 78.8 Å². The Hall–Kier alpha value is -8.35. The van der Waals surface area contributed by atoms with Crippen molar-refractivity contribution in [2.45, 2.75) is 18.4 Å². The van der Waals surface area contributed by atoms with Gasteiger partial charge < -0.3 is 48.2 Å². The van der Waals surface area contributed by atoms with Crippen LogP contribution in [0.25, 0.3) is 16.7 Å². The van der Waals surface area contributed by atoms with Crippen LogP contribution in [0.2, 0.25) is 0 Å². The number of nitrogens with zero attached hydrogens (tertiary/aromatic N) is 2. The first-order valence-electron chi connectivity index (χ1n) is 20.3. The number of imidazole rings is 1. The average molecular weight is 814 g/mol. The van der Waals surface area contributed by atoms with Crippen LogP contribution < -0.4 is 38.9 Å². The summed E-state index contributed by atoms with van der Waals surface area (Å²) in [5.41, 5.74) is 40.2. The van der Waals surface area contributed by atoms with Gasteiger partial charge in [0.2, 0.25) is 5.91 Å². The normalized spacial score (nSPS) is 15.2. The molecule has 8 aromatic rings. The Labute approximate surface area is 356 Å². The van der Waals surface area contributed by atoms with Gasteiger partial charge >= 0.3 is 0 Å². The maximum atomic E-state index is 13.1. The Morgan fingerprint density at radius 2 is 1.16 bits per heavy atom. The molecule has 12 nitrogen and oxygen atoms in total. The number of aromatic nitrogens is 5. The number of aromatic amines is 4. The summed E-state index contributed by atoms with van der Waals surface area (Å²) in [5, 5.41) is 4.78. The number of amides is 1. The number of hydrogen-bond acceptors (Lipinski definition) is 7. The molecule has 0 saturated heterocycles. The van der Waals surface area contributed by atoms with Gasteiger partial charge in [0, 0.05) is 85.6 Å². The predicted molar refractivity (Wildman–Crippen MR) is 247 cm³/mol. The summed E-state index contributed by atoms with van der Waals surface area (Å²) in [6, 6.07) is 43.4. The fraction of sp³-hybridized carbons (Fsp3) is 0.0600. The first-order chi connectivity index (χ1) is 30.2. The number of benzene rings is 4.